The highest BCUT2D eigenvalue weighted by molar-refractivity contribution is 7.93. The second-order valence-corrected chi connectivity index (χ2v) is 10.3. The number of hydrogen-bond acceptors (Lipinski definition) is 6. The molecule has 174 valence electrons. The Morgan fingerprint density at radius 1 is 1.33 bits per heavy atom. The largest absolute Gasteiger partial charge is 0.381 e. The summed E-state index contributed by atoms with van der Waals surface area (Å²) in [4.78, 5) is 21.3. The number of rotatable bonds is 7. The number of imidazole rings is 1. The molecule has 0 aliphatic carbocycles. The molecule has 2 aromatic heterocycles. The number of amides is 1. The minimum atomic E-state index is -3.28. The Balaban J connectivity index is 1.64. The van der Waals surface area contributed by atoms with Gasteiger partial charge in [0.25, 0.3) is 5.91 Å². The zero-order valence-electron chi connectivity index (χ0n) is 18.5. The van der Waals surface area contributed by atoms with E-state index in [4.69, 9.17) is 4.74 Å². The van der Waals surface area contributed by atoms with E-state index < -0.39 is 21.8 Å². The molecule has 1 N–H and O–H groups in total. The molecule has 1 amide bonds. The van der Waals surface area contributed by atoms with Gasteiger partial charge >= 0.3 is 0 Å². The Morgan fingerprint density at radius 3 is 2.76 bits per heavy atom. The summed E-state index contributed by atoms with van der Waals surface area (Å²) in [5.41, 5.74) is 2.90. The summed E-state index contributed by atoms with van der Waals surface area (Å²) in [6, 6.07) is 5.96. The Kier molecular flexibility index (Phi) is 6.31. The maximum Gasteiger partial charge on any atom is 0.270 e. The van der Waals surface area contributed by atoms with Crippen LogP contribution in [-0.4, -0.2) is 54.4 Å². The Hall–Kier alpha value is -3.11. The third-order valence-corrected chi connectivity index (χ3v) is 6.36. The summed E-state index contributed by atoms with van der Waals surface area (Å²) in [5.74, 6) is -0.548. The van der Waals surface area contributed by atoms with Crippen molar-refractivity contribution in [2.45, 2.75) is 25.9 Å². The minimum absolute atomic E-state index is 0.161. The number of hydrogen-bond donors (Lipinski definition) is 1. The standard InChI is InChI=1S/C23H25FN4O4S/c1-14(7-8-33(3,30)31)27-23(29)20-9-19-21(10-25-20)28(13-26-19)22(16-11-32-12-16)17-5-4-6-18(24)15(17)2/h4-10,13-14,16,22H,11-12H2,1-3H3,(H,27,29)/b8-7+/t14-,22-/m1/s1. The molecular weight excluding hydrogens is 447 g/mol. The second-order valence-electron chi connectivity index (χ2n) is 8.33. The SMILES string of the molecule is Cc1c(F)cccc1[C@@H](C1COC1)n1cnc2cc(C(=O)N[C@H](C)/C=C/S(C)(=O)=O)ncc21. The van der Waals surface area contributed by atoms with E-state index in [0.29, 0.717) is 24.3 Å². The molecule has 33 heavy (non-hydrogen) atoms. The number of ether oxygens (including phenoxy) is 1. The Bertz CT molecular complexity index is 1330. The number of aromatic nitrogens is 3. The van der Waals surface area contributed by atoms with E-state index in [1.54, 1.807) is 38.5 Å². The Morgan fingerprint density at radius 2 is 2.09 bits per heavy atom. The molecule has 3 heterocycles. The van der Waals surface area contributed by atoms with E-state index in [0.717, 1.165) is 22.7 Å². The molecule has 1 aromatic carbocycles. The quantitative estimate of drug-likeness (QED) is 0.567. The van der Waals surface area contributed by atoms with Gasteiger partial charge in [0.2, 0.25) is 0 Å². The van der Waals surface area contributed by atoms with Gasteiger partial charge in [0.05, 0.1) is 42.8 Å². The minimum Gasteiger partial charge on any atom is -0.381 e. The number of carbonyl (C=O) groups is 1. The maximum absolute atomic E-state index is 14.3. The van der Waals surface area contributed by atoms with Gasteiger partial charge in [-0.1, -0.05) is 18.2 Å². The van der Waals surface area contributed by atoms with Gasteiger partial charge in [-0.2, -0.15) is 0 Å². The van der Waals surface area contributed by atoms with Crippen LogP contribution in [0.4, 0.5) is 4.39 Å². The van der Waals surface area contributed by atoms with E-state index in [9.17, 15) is 17.6 Å². The number of nitrogens with one attached hydrogen (secondary N) is 1. The van der Waals surface area contributed by atoms with Crippen LogP contribution >= 0.6 is 0 Å². The molecule has 0 unspecified atom stereocenters. The summed E-state index contributed by atoms with van der Waals surface area (Å²) in [6.07, 6.45) is 5.74. The van der Waals surface area contributed by atoms with Crippen molar-refractivity contribution < 1.29 is 22.3 Å². The van der Waals surface area contributed by atoms with Crippen LogP contribution in [0.1, 0.15) is 34.6 Å². The monoisotopic (exact) mass is 472 g/mol. The van der Waals surface area contributed by atoms with Crippen LogP contribution in [0, 0.1) is 18.7 Å². The Labute approximate surface area is 191 Å². The fourth-order valence-corrected chi connectivity index (χ4v) is 4.39. The summed E-state index contributed by atoms with van der Waals surface area (Å²) in [6.45, 7) is 4.55. The first-order chi connectivity index (χ1) is 15.6. The van der Waals surface area contributed by atoms with E-state index in [-0.39, 0.29) is 23.5 Å². The number of pyridine rings is 1. The number of nitrogens with zero attached hydrogens (tertiary/aromatic N) is 3. The molecule has 0 spiro atoms. The number of fused-ring (bicyclic) bond motifs is 1. The smallest absolute Gasteiger partial charge is 0.270 e. The van der Waals surface area contributed by atoms with Crippen molar-refractivity contribution in [2.24, 2.45) is 5.92 Å². The molecular formula is C23H25FN4O4S. The van der Waals surface area contributed by atoms with Crippen LogP contribution < -0.4 is 5.32 Å². The molecule has 0 radical (unpaired) electrons. The van der Waals surface area contributed by atoms with Gasteiger partial charge in [0, 0.05) is 23.6 Å². The van der Waals surface area contributed by atoms with Crippen LogP contribution in [0.25, 0.3) is 11.0 Å². The fraction of sp³-hybridized carbons (Fsp3) is 0.348. The molecule has 2 atom stereocenters. The van der Waals surface area contributed by atoms with Gasteiger partial charge in [0.1, 0.15) is 11.5 Å². The summed E-state index contributed by atoms with van der Waals surface area (Å²) in [7, 11) is -3.28. The van der Waals surface area contributed by atoms with Crippen LogP contribution in [0.15, 0.2) is 48.3 Å². The molecule has 1 fully saturated rings. The van der Waals surface area contributed by atoms with E-state index in [1.165, 1.54) is 12.1 Å². The maximum atomic E-state index is 14.3. The number of carbonyl (C=O) groups excluding carboxylic acids is 1. The van der Waals surface area contributed by atoms with Gasteiger partial charge in [-0.25, -0.2) is 22.8 Å². The van der Waals surface area contributed by atoms with Crippen molar-refractivity contribution in [3.8, 4) is 0 Å². The molecule has 0 saturated carbocycles. The third kappa shape index (κ3) is 4.96. The lowest BCUT2D eigenvalue weighted by Gasteiger charge is -2.35. The van der Waals surface area contributed by atoms with E-state index in [1.807, 2.05) is 10.6 Å². The van der Waals surface area contributed by atoms with Gasteiger partial charge in [0.15, 0.2) is 9.84 Å². The first-order valence-corrected chi connectivity index (χ1v) is 12.4. The molecule has 8 nitrogen and oxygen atoms in total. The summed E-state index contributed by atoms with van der Waals surface area (Å²) >= 11 is 0. The van der Waals surface area contributed by atoms with Crippen molar-refractivity contribution in [1.82, 2.24) is 19.9 Å². The highest BCUT2D eigenvalue weighted by atomic mass is 32.2. The lowest BCUT2D eigenvalue weighted by molar-refractivity contribution is -0.0491. The van der Waals surface area contributed by atoms with Crippen LogP contribution in [0.5, 0.6) is 0 Å². The molecule has 4 rings (SSSR count). The topological polar surface area (TPSA) is 103 Å². The highest BCUT2D eigenvalue weighted by Gasteiger charge is 2.33. The average molecular weight is 473 g/mol. The van der Waals surface area contributed by atoms with Crippen molar-refractivity contribution >= 4 is 26.8 Å². The third-order valence-electron chi connectivity index (χ3n) is 5.71. The number of halogens is 1. The van der Waals surface area contributed by atoms with E-state index >= 15 is 0 Å². The van der Waals surface area contributed by atoms with Crippen LogP contribution in [0.3, 0.4) is 0 Å². The number of sulfone groups is 1. The normalized spacial score (nSPS) is 16.6. The number of benzene rings is 1. The van der Waals surface area contributed by atoms with Crippen molar-refractivity contribution in [3.05, 3.63) is 70.9 Å². The summed E-state index contributed by atoms with van der Waals surface area (Å²) < 4.78 is 44.2. The average Bonchev–Trinajstić information content (AvgIpc) is 3.13. The van der Waals surface area contributed by atoms with Gasteiger partial charge in [-0.05, 0) is 37.1 Å². The van der Waals surface area contributed by atoms with Crippen LogP contribution in [-0.2, 0) is 14.6 Å². The lowest BCUT2D eigenvalue weighted by Crippen LogP contribution is -2.36. The highest BCUT2D eigenvalue weighted by Crippen LogP contribution is 2.36. The van der Waals surface area contributed by atoms with Gasteiger partial charge in [-0.15, -0.1) is 0 Å². The first-order valence-electron chi connectivity index (χ1n) is 10.5. The predicted octanol–water partition coefficient (Wildman–Crippen LogP) is 2.79. The van der Waals surface area contributed by atoms with E-state index in [2.05, 4.69) is 15.3 Å². The summed E-state index contributed by atoms with van der Waals surface area (Å²) in [5, 5.41) is 3.74. The first kappa shape index (κ1) is 23.1. The zero-order valence-corrected chi connectivity index (χ0v) is 19.3. The van der Waals surface area contributed by atoms with Crippen LogP contribution in [0.2, 0.25) is 0 Å². The molecule has 3 aromatic rings. The zero-order chi connectivity index (χ0) is 23.8. The molecule has 0 bridgehead atoms. The van der Waals surface area contributed by atoms with Crippen molar-refractivity contribution in [2.75, 3.05) is 19.5 Å². The van der Waals surface area contributed by atoms with Gasteiger partial charge < -0.3 is 14.6 Å². The molecule has 1 aliphatic rings. The molecule has 1 saturated heterocycles. The van der Waals surface area contributed by atoms with Crippen molar-refractivity contribution in [3.63, 3.8) is 0 Å². The van der Waals surface area contributed by atoms with Gasteiger partial charge in [-0.3, -0.25) is 4.79 Å². The molecule has 1 aliphatic heterocycles. The molecule has 10 heteroatoms. The lowest BCUT2D eigenvalue weighted by atomic mass is 9.88. The fourth-order valence-electron chi connectivity index (χ4n) is 3.87. The van der Waals surface area contributed by atoms with Crippen molar-refractivity contribution in [1.29, 1.82) is 0 Å². The second kappa shape index (κ2) is 9.03. The predicted molar refractivity (Wildman–Crippen MR) is 122 cm³/mol.